The van der Waals surface area contributed by atoms with Crippen LogP contribution in [0.2, 0.25) is 0 Å². The zero-order chi connectivity index (χ0) is 13.0. The van der Waals surface area contributed by atoms with Gasteiger partial charge < -0.3 is 10.1 Å². The van der Waals surface area contributed by atoms with Gasteiger partial charge in [-0.15, -0.1) is 11.8 Å². The molecule has 0 unspecified atom stereocenters. The first-order valence-electron chi connectivity index (χ1n) is 5.95. The maximum Gasteiger partial charge on any atom is 0.242 e. The molecule has 4 nitrogen and oxygen atoms in total. The minimum Gasteiger partial charge on any atom is -0.377 e. The number of benzene rings is 1. The molecule has 0 aliphatic carbocycles. The second-order valence-corrected chi connectivity index (χ2v) is 5.29. The third-order valence-corrected chi connectivity index (χ3v) is 3.95. The molecule has 0 saturated carbocycles. The number of thioether (sulfide) groups is 1. The van der Waals surface area contributed by atoms with E-state index in [0.29, 0.717) is 0 Å². The highest BCUT2D eigenvalue weighted by molar-refractivity contribution is 7.99. The van der Waals surface area contributed by atoms with E-state index in [4.69, 9.17) is 4.74 Å². The number of nitrogens with one attached hydrogen (secondary N) is 2. The van der Waals surface area contributed by atoms with E-state index in [1.165, 1.54) is 0 Å². The molecule has 1 aliphatic heterocycles. The second-order valence-electron chi connectivity index (χ2n) is 4.26. The molecule has 18 heavy (non-hydrogen) atoms. The van der Waals surface area contributed by atoms with Gasteiger partial charge in [0.15, 0.2) is 0 Å². The van der Waals surface area contributed by atoms with Crippen LogP contribution in [0.25, 0.3) is 0 Å². The van der Waals surface area contributed by atoms with Gasteiger partial charge in [-0.1, -0.05) is 12.1 Å². The highest BCUT2D eigenvalue weighted by atomic mass is 32.2. The molecular weight excluding hydrogens is 248 g/mol. The molecule has 0 radical (unpaired) electrons. The summed E-state index contributed by atoms with van der Waals surface area (Å²) in [5.41, 5.74) is 1.88. The molecule has 1 aromatic rings. The summed E-state index contributed by atoms with van der Waals surface area (Å²) in [6.45, 7) is 1.98. The number of anilines is 1. The molecule has 2 N–H and O–H groups in total. The molecule has 98 valence electrons. The van der Waals surface area contributed by atoms with Gasteiger partial charge in [-0.05, 0) is 24.6 Å². The lowest BCUT2D eigenvalue weighted by molar-refractivity contribution is -0.117. The number of rotatable bonds is 4. The smallest absolute Gasteiger partial charge is 0.242 e. The normalized spacial score (nSPS) is 20.7. The number of hydrogen-bond acceptors (Lipinski definition) is 4. The van der Waals surface area contributed by atoms with Gasteiger partial charge in [0, 0.05) is 24.4 Å². The molecular formula is C13H18N2O2S. The SMILES string of the molecule is CO[C@@H](C)c1cccc(NC(=O)[C@@H]2CSCN2)c1. The summed E-state index contributed by atoms with van der Waals surface area (Å²) in [5.74, 6) is 1.71. The Balaban J connectivity index is 2.02. The van der Waals surface area contributed by atoms with Crippen molar-refractivity contribution in [3.05, 3.63) is 29.8 Å². The predicted octanol–water partition coefficient (Wildman–Crippen LogP) is 1.99. The Morgan fingerprint density at radius 3 is 3.11 bits per heavy atom. The fraction of sp³-hybridized carbons (Fsp3) is 0.462. The standard InChI is InChI=1S/C13H18N2O2S/c1-9(17-2)10-4-3-5-11(6-10)15-13(16)12-7-18-8-14-12/h3-6,9,12,14H,7-8H2,1-2H3,(H,15,16)/t9-,12-/m0/s1. The lowest BCUT2D eigenvalue weighted by Crippen LogP contribution is -2.37. The minimum atomic E-state index is -0.0847. The van der Waals surface area contributed by atoms with E-state index in [9.17, 15) is 4.79 Å². The fourth-order valence-electron chi connectivity index (χ4n) is 1.80. The molecule has 1 fully saturated rings. The summed E-state index contributed by atoms with van der Waals surface area (Å²) in [6.07, 6.45) is 0.0296. The Hall–Kier alpha value is -1.04. The monoisotopic (exact) mass is 266 g/mol. The van der Waals surface area contributed by atoms with Crippen molar-refractivity contribution in [1.29, 1.82) is 0 Å². The summed E-state index contributed by atoms with van der Waals surface area (Å²) in [5, 5.41) is 6.08. The third kappa shape index (κ3) is 3.25. The average molecular weight is 266 g/mol. The molecule has 2 rings (SSSR count). The quantitative estimate of drug-likeness (QED) is 0.875. The Morgan fingerprint density at radius 2 is 2.44 bits per heavy atom. The van der Waals surface area contributed by atoms with Gasteiger partial charge in [0.05, 0.1) is 12.1 Å². The summed E-state index contributed by atoms with van der Waals surface area (Å²) >= 11 is 1.74. The van der Waals surface area contributed by atoms with Crippen molar-refractivity contribution in [3.63, 3.8) is 0 Å². The van der Waals surface area contributed by atoms with E-state index in [2.05, 4.69) is 10.6 Å². The van der Waals surface area contributed by atoms with Crippen LogP contribution in [-0.4, -0.2) is 30.7 Å². The van der Waals surface area contributed by atoms with Gasteiger partial charge >= 0.3 is 0 Å². The zero-order valence-electron chi connectivity index (χ0n) is 10.6. The van der Waals surface area contributed by atoms with Crippen molar-refractivity contribution < 1.29 is 9.53 Å². The number of hydrogen-bond donors (Lipinski definition) is 2. The predicted molar refractivity (Wildman–Crippen MR) is 74.7 cm³/mol. The molecule has 0 spiro atoms. The molecule has 0 bridgehead atoms. The summed E-state index contributed by atoms with van der Waals surface area (Å²) in [4.78, 5) is 11.9. The Labute approximate surface area is 111 Å². The van der Waals surface area contributed by atoms with E-state index in [-0.39, 0.29) is 18.1 Å². The van der Waals surface area contributed by atoms with E-state index in [0.717, 1.165) is 22.9 Å². The first kappa shape index (κ1) is 13.4. The van der Waals surface area contributed by atoms with Gasteiger partial charge in [0.2, 0.25) is 5.91 Å². The van der Waals surface area contributed by atoms with E-state index in [1.807, 2.05) is 31.2 Å². The first-order valence-corrected chi connectivity index (χ1v) is 7.11. The number of ether oxygens (including phenoxy) is 1. The van der Waals surface area contributed by atoms with Crippen LogP contribution >= 0.6 is 11.8 Å². The maximum absolute atomic E-state index is 11.9. The fourth-order valence-corrected chi connectivity index (χ4v) is 2.74. The van der Waals surface area contributed by atoms with Crippen LogP contribution in [0.5, 0.6) is 0 Å². The molecule has 0 aromatic heterocycles. The van der Waals surface area contributed by atoms with E-state index >= 15 is 0 Å². The number of carbonyl (C=O) groups excluding carboxylic acids is 1. The molecule has 1 aromatic carbocycles. The minimum absolute atomic E-state index is 0.0296. The third-order valence-electron chi connectivity index (χ3n) is 3.01. The van der Waals surface area contributed by atoms with E-state index < -0.39 is 0 Å². The van der Waals surface area contributed by atoms with Gasteiger partial charge in [-0.3, -0.25) is 10.1 Å². The topological polar surface area (TPSA) is 50.4 Å². The van der Waals surface area contributed by atoms with Gasteiger partial charge in [0.25, 0.3) is 0 Å². The van der Waals surface area contributed by atoms with Gasteiger partial charge in [0.1, 0.15) is 0 Å². The van der Waals surface area contributed by atoms with Crippen LogP contribution in [0.1, 0.15) is 18.6 Å². The molecule has 1 saturated heterocycles. The molecule has 2 atom stereocenters. The lowest BCUT2D eigenvalue weighted by Gasteiger charge is -2.13. The molecule has 1 amide bonds. The highest BCUT2D eigenvalue weighted by Crippen LogP contribution is 2.20. The van der Waals surface area contributed by atoms with Crippen molar-refractivity contribution in [3.8, 4) is 0 Å². The van der Waals surface area contributed by atoms with Crippen molar-refractivity contribution in [2.75, 3.05) is 24.1 Å². The zero-order valence-corrected chi connectivity index (χ0v) is 11.4. The van der Waals surface area contributed by atoms with Crippen molar-refractivity contribution in [1.82, 2.24) is 5.32 Å². The average Bonchev–Trinajstić information content (AvgIpc) is 2.92. The largest absolute Gasteiger partial charge is 0.377 e. The Kier molecular flexibility index (Phi) is 4.63. The van der Waals surface area contributed by atoms with Crippen LogP contribution in [0.4, 0.5) is 5.69 Å². The Bertz CT molecular complexity index is 419. The summed E-state index contributed by atoms with van der Waals surface area (Å²) < 4.78 is 5.27. The first-order chi connectivity index (χ1) is 8.70. The molecule has 1 heterocycles. The lowest BCUT2D eigenvalue weighted by atomic mass is 10.1. The summed E-state index contributed by atoms with van der Waals surface area (Å²) in [7, 11) is 1.68. The van der Waals surface area contributed by atoms with Gasteiger partial charge in [-0.2, -0.15) is 0 Å². The maximum atomic E-state index is 11.9. The van der Waals surface area contributed by atoms with Crippen LogP contribution in [-0.2, 0) is 9.53 Å². The number of methoxy groups -OCH3 is 1. The van der Waals surface area contributed by atoms with Crippen LogP contribution < -0.4 is 10.6 Å². The Morgan fingerprint density at radius 1 is 1.61 bits per heavy atom. The van der Waals surface area contributed by atoms with Crippen molar-refractivity contribution >= 4 is 23.4 Å². The number of carbonyl (C=O) groups is 1. The van der Waals surface area contributed by atoms with Gasteiger partial charge in [-0.25, -0.2) is 0 Å². The highest BCUT2D eigenvalue weighted by Gasteiger charge is 2.22. The second kappa shape index (κ2) is 6.22. The molecule has 1 aliphatic rings. The van der Waals surface area contributed by atoms with Crippen LogP contribution in [0, 0.1) is 0 Å². The molecule has 5 heteroatoms. The van der Waals surface area contributed by atoms with Crippen LogP contribution in [0.15, 0.2) is 24.3 Å². The number of amides is 1. The summed E-state index contributed by atoms with van der Waals surface area (Å²) in [6, 6.07) is 7.68. The van der Waals surface area contributed by atoms with Crippen molar-refractivity contribution in [2.24, 2.45) is 0 Å². The van der Waals surface area contributed by atoms with Crippen LogP contribution in [0.3, 0.4) is 0 Å². The van der Waals surface area contributed by atoms with E-state index in [1.54, 1.807) is 18.9 Å². The van der Waals surface area contributed by atoms with Crippen molar-refractivity contribution in [2.45, 2.75) is 19.1 Å².